The fourth-order valence-electron chi connectivity index (χ4n) is 4.67. The summed E-state index contributed by atoms with van der Waals surface area (Å²) < 4.78 is 5.96. The summed E-state index contributed by atoms with van der Waals surface area (Å²) in [5, 5.41) is 0.621. The molecule has 1 fully saturated rings. The Balaban J connectivity index is 1.53. The van der Waals surface area contributed by atoms with E-state index in [1.165, 1.54) is 0 Å². The summed E-state index contributed by atoms with van der Waals surface area (Å²) in [6, 6.07) is 17.1. The molecule has 5 rings (SSSR count). The van der Waals surface area contributed by atoms with Crippen molar-refractivity contribution in [1.82, 2.24) is 14.9 Å². The normalized spacial score (nSPS) is 20.5. The van der Waals surface area contributed by atoms with E-state index in [4.69, 9.17) is 26.3 Å². The first-order valence-corrected chi connectivity index (χ1v) is 11.8. The zero-order valence-corrected chi connectivity index (χ0v) is 19.6. The molecule has 33 heavy (non-hydrogen) atoms. The van der Waals surface area contributed by atoms with Gasteiger partial charge in [-0.1, -0.05) is 41.9 Å². The van der Waals surface area contributed by atoms with Gasteiger partial charge in [-0.3, -0.25) is 4.79 Å². The van der Waals surface area contributed by atoms with E-state index >= 15 is 0 Å². The van der Waals surface area contributed by atoms with Crippen LogP contribution in [0.4, 0.5) is 5.82 Å². The molecule has 1 aromatic heterocycles. The van der Waals surface area contributed by atoms with Gasteiger partial charge in [0.25, 0.3) is 5.91 Å². The second kappa shape index (κ2) is 9.12. The maximum atomic E-state index is 13.2. The molecule has 0 bridgehead atoms. The largest absolute Gasteiger partial charge is 0.372 e. The lowest BCUT2D eigenvalue weighted by molar-refractivity contribution is -0.00558. The SMILES string of the molecule is C[C@H]1CN(c2nc(-c3ccccc3)nc3c2CN(C(=O)c2ccc(Cl)cc2)CC3)C[C@H](C)O1. The average molecular weight is 463 g/mol. The fraction of sp³-hybridized carbons (Fsp3) is 0.346. The second-order valence-corrected chi connectivity index (χ2v) is 9.24. The molecule has 0 aliphatic carbocycles. The van der Waals surface area contributed by atoms with Crippen molar-refractivity contribution in [2.45, 2.75) is 39.0 Å². The van der Waals surface area contributed by atoms with Crippen LogP contribution in [0.2, 0.25) is 5.02 Å². The van der Waals surface area contributed by atoms with Crippen molar-refractivity contribution in [2.24, 2.45) is 0 Å². The summed E-state index contributed by atoms with van der Waals surface area (Å²) in [5.74, 6) is 1.64. The first-order chi connectivity index (χ1) is 16.0. The van der Waals surface area contributed by atoms with Gasteiger partial charge in [-0.15, -0.1) is 0 Å². The number of carbonyl (C=O) groups excluding carboxylic acids is 1. The number of nitrogens with zero attached hydrogens (tertiary/aromatic N) is 4. The maximum absolute atomic E-state index is 13.2. The van der Waals surface area contributed by atoms with Crippen LogP contribution >= 0.6 is 11.6 Å². The quantitative estimate of drug-likeness (QED) is 0.569. The van der Waals surface area contributed by atoms with Crippen molar-refractivity contribution >= 4 is 23.3 Å². The third-order valence-corrected chi connectivity index (χ3v) is 6.42. The van der Waals surface area contributed by atoms with Crippen LogP contribution in [0, 0.1) is 0 Å². The van der Waals surface area contributed by atoms with Crippen LogP contribution in [-0.4, -0.2) is 52.6 Å². The Morgan fingerprint density at radius 3 is 2.39 bits per heavy atom. The fourth-order valence-corrected chi connectivity index (χ4v) is 4.80. The van der Waals surface area contributed by atoms with E-state index < -0.39 is 0 Å². The first kappa shape index (κ1) is 21.9. The number of anilines is 1. The number of halogens is 1. The molecule has 2 aliphatic rings. The minimum atomic E-state index is -0.000818. The number of fused-ring (bicyclic) bond motifs is 1. The molecule has 3 heterocycles. The number of morpholine rings is 1. The second-order valence-electron chi connectivity index (χ2n) is 8.81. The van der Waals surface area contributed by atoms with E-state index in [2.05, 4.69) is 18.7 Å². The predicted molar refractivity (Wildman–Crippen MR) is 130 cm³/mol. The Morgan fingerprint density at radius 1 is 1.00 bits per heavy atom. The lowest BCUT2D eigenvalue weighted by Gasteiger charge is -2.39. The third-order valence-electron chi connectivity index (χ3n) is 6.17. The number of hydrogen-bond acceptors (Lipinski definition) is 5. The van der Waals surface area contributed by atoms with Gasteiger partial charge in [0.05, 0.1) is 24.4 Å². The highest BCUT2D eigenvalue weighted by Crippen LogP contribution is 2.32. The van der Waals surface area contributed by atoms with Gasteiger partial charge >= 0.3 is 0 Å². The van der Waals surface area contributed by atoms with E-state index in [1.54, 1.807) is 24.3 Å². The highest BCUT2D eigenvalue weighted by Gasteiger charge is 2.31. The summed E-state index contributed by atoms with van der Waals surface area (Å²) in [6.07, 6.45) is 0.907. The van der Waals surface area contributed by atoms with Crippen LogP contribution in [0.5, 0.6) is 0 Å². The number of carbonyl (C=O) groups is 1. The molecule has 0 saturated carbocycles. The molecule has 0 radical (unpaired) electrons. The summed E-state index contributed by atoms with van der Waals surface area (Å²) in [7, 11) is 0. The molecular weight excluding hydrogens is 436 g/mol. The van der Waals surface area contributed by atoms with E-state index in [-0.39, 0.29) is 18.1 Å². The number of rotatable bonds is 3. The number of amides is 1. The van der Waals surface area contributed by atoms with Crippen molar-refractivity contribution in [3.63, 3.8) is 0 Å². The smallest absolute Gasteiger partial charge is 0.254 e. The zero-order valence-electron chi connectivity index (χ0n) is 18.9. The van der Waals surface area contributed by atoms with Crippen LogP contribution < -0.4 is 4.90 Å². The van der Waals surface area contributed by atoms with E-state index in [0.717, 1.165) is 41.6 Å². The Labute approximate surface area is 199 Å². The average Bonchev–Trinajstić information content (AvgIpc) is 2.83. The van der Waals surface area contributed by atoms with E-state index in [9.17, 15) is 4.79 Å². The van der Waals surface area contributed by atoms with Gasteiger partial charge < -0.3 is 14.5 Å². The van der Waals surface area contributed by atoms with Gasteiger partial charge in [-0.2, -0.15) is 0 Å². The number of aromatic nitrogens is 2. The maximum Gasteiger partial charge on any atom is 0.254 e. The van der Waals surface area contributed by atoms with Gasteiger partial charge in [-0.05, 0) is 38.1 Å². The molecule has 2 aromatic carbocycles. The van der Waals surface area contributed by atoms with Gasteiger partial charge in [-0.25, -0.2) is 9.97 Å². The Morgan fingerprint density at radius 2 is 1.70 bits per heavy atom. The van der Waals surface area contributed by atoms with Crippen LogP contribution in [0.3, 0.4) is 0 Å². The highest BCUT2D eigenvalue weighted by atomic mass is 35.5. The third kappa shape index (κ3) is 4.59. The molecule has 7 heteroatoms. The predicted octanol–water partition coefficient (Wildman–Crippen LogP) is 4.61. The van der Waals surface area contributed by atoms with Crippen molar-refractivity contribution in [2.75, 3.05) is 24.5 Å². The molecule has 1 saturated heterocycles. The molecule has 170 valence electrons. The van der Waals surface area contributed by atoms with Gasteiger partial charge in [0.15, 0.2) is 5.82 Å². The summed E-state index contributed by atoms with van der Waals surface area (Å²) in [4.78, 5) is 27.3. The first-order valence-electron chi connectivity index (χ1n) is 11.4. The van der Waals surface area contributed by atoms with Gasteiger partial charge in [0, 0.05) is 47.8 Å². The van der Waals surface area contributed by atoms with Crippen molar-refractivity contribution in [1.29, 1.82) is 0 Å². The lowest BCUT2D eigenvalue weighted by atomic mass is 10.0. The Bertz CT molecular complexity index is 1140. The number of hydrogen-bond donors (Lipinski definition) is 0. The monoisotopic (exact) mass is 462 g/mol. The van der Waals surface area contributed by atoms with E-state index in [1.807, 2.05) is 35.2 Å². The number of benzene rings is 2. The van der Waals surface area contributed by atoms with Crippen LogP contribution in [-0.2, 0) is 17.7 Å². The summed E-state index contributed by atoms with van der Waals surface area (Å²) >= 11 is 6.01. The van der Waals surface area contributed by atoms with Crippen LogP contribution in [0.1, 0.15) is 35.5 Å². The minimum absolute atomic E-state index is 0.000818. The Hall–Kier alpha value is -2.96. The van der Waals surface area contributed by atoms with E-state index in [0.29, 0.717) is 30.1 Å². The van der Waals surface area contributed by atoms with Crippen molar-refractivity contribution in [3.05, 3.63) is 76.4 Å². The van der Waals surface area contributed by atoms with Gasteiger partial charge in [0.2, 0.25) is 0 Å². The van der Waals surface area contributed by atoms with Crippen molar-refractivity contribution < 1.29 is 9.53 Å². The standard InChI is InChI=1S/C26H27ClN4O2/c1-17-14-31(15-18(2)33-17)25-22-16-30(26(32)20-8-10-21(27)11-9-20)13-12-23(22)28-24(29-25)19-6-4-3-5-7-19/h3-11,17-18H,12-16H2,1-2H3/t17-,18-/m0/s1. The van der Waals surface area contributed by atoms with Crippen molar-refractivity contribution in [3.8, 4) is 11.4 Å². The molecule has 1 amide bonds. The minimum Gasteiger partial charge on any atom is -0.372 e. The number of ether oxygens (including phenoxy) is 1. The van der Waals surface area contributed by atoms with Gasteiger partial charge in [0.1, 0.15) is 5.82 Å². The zero-order chi connectivity index (χ0) is 22.9. The highest BCUT2D eigenvalue weighted by molar-refractivity contribution is 6.30. The molecule has 0 spiro atoms. The topological polar surface area (TPSA) is 58.6 Å². The molecular formula is C26H27ClN4O2. The Kier molecular flexibility index (Phi) is 6.04. The lowest BCUT2D eigenvalue weighted by Crippen LogP contribution is -2.47. The van der Waals surface area contributed by atoms with Crippen LogP contribution in [0.25, 0.3) is 11.4 Å². The molecule has 2 aliphatic heterocycles. The molecule has 0 unspecified atom stereocenters. The van der Waals surface area contributed by atoms with Crippen LogP contribution in [0.15, 0.2) is 54.6 Å². The molecule has 2 atom stereocenters. The molecule has 3 aromatic rings. The molecule has 6 nitrogen and oxygen atoms in total. The summed E-state index contributed by atoms with van der Waals surface area (Å²) in [6.45, 7) is 6.80. The summed E-state index contributed by atoms with van der Waals surface area (Å²) in [5.41, 5.74) is 3.69. The molecule has 0 N–H and O–H groups in total.